The Morgan fingerprint density at radius 1 is 0.868 bits per heavy atom. The Morgan fingerprint density at radius 3 is 2.05 bits per heavy atom. The average molecular weight is 577 g/mol. The van der Waals surface area contributed by atoms with Gasteiger partial charge in [0.05, 0.1) is 20.6 Å². The van der Waals surface area contributed by atoms with Gasteiger partial charge in [-0.05, 0) is 63.1 Å². The highest BCUT2D eigenvalue weighted by Gasteiger charge is 2.32. The van der Waals surface area contributed by atoms with Gasteiger partial charge in [0.1, 0.15) is 12.6 Å². The van der Waals surface area contributed by atoms with E-state index in [1.807, 2.05) is 44.2 Å². The maximum atomic E-state index is 13.8. The van der Waals surface area contributed by atoms with Crippen molar-refractivity contribution in [3.8, 4) is 0 Å². The summed E-state index contributed by atoms with van der Waals surface area (Å²) in [5, 5.41) is 3.23. The predicted octanol–water partition coefficient (Wildman–Crippen LogP) is 5.17. The summed E-state index contributed by atoms with van der Waals surface area (Å²) in [7, 11) is -4.16. The van der Waals surface area contributed by atoms with Crippen LogP contribution in [-0.2, 0) is 26.0 Å². The Hall–Kier alpha value is -3.07. The van der Waals surface area contributed by atoms with Crippen LogP contribution in [0.2, 0.25) is 10.0 Å². The number of sulfonamides is 1. The molecule has 0 aliphatic heterocycles. The number of amides is 2. The van der Waals surface area contributed by atoms with Gasteiger partial charge in [0.15, 0.2) is 0 Å². The fraction of sp³-hybridized carbons (Fsp3) is 0.286. The molecule has 0 aliphatic carbocycles. The second-order valence-corrected chi connectivity index (χ2v) is 11.8. The van der Waals surface area contributed by atoms with Crippen LogP contribution < -0.4 is 9.62 Å². The number of nitrogens with zero attached hydrogens (tertiary/aromatic N) is 2. The second kappa shape index (κ2) is 13.1. The van der Waals surface area contributed by atoms with Crippen LogP contribution >= 0.6 is 23.2 Å². The molecule has 0 spiro atoms. The Balaban J connectivity index is 1.99. The van der Waals surface area contributed by atoms with Crippen molar-refractivity contribution < 1.29 is 18.0 Å². The van der Waals surface area contributed by atoms with E-state index < -0.39 is 28.5 Å². The number of hydrogen-bond donors (Lipinski definition) is 1. The molecule has 3 aromatic rings. The van der Waals surface area contributed by atoms with Gasteiger partial charge < -0.3 is 10.2 Å². The molecule has 1 unspecified atom stereocenters. The van der Waals surface area contributed by atoms with Gasteiger partial charge in [-0.1, -0.05) is 71.7 Å². The standard InChI is InChI=1S/C28H31Cl2N3O4S/c1-20(2)31-28(35)21(3)32(17-16-22-10-6-4-7-11-22)27(34)19-33(23-14-15-25(29)26(30)18-23)38(36,37)24-12-8-5-9-13-24/h4-15,18,20-21H,16-17,19H2,1-3H3,(H,31,35). The van der Waals surface area contributed by atoms with E-state index in [1.54, 1.807) is 25.1 Å². The van der Waals surface area contributed by atoms with Gasteiger partial charge in [0.2, 0.25) is 11.8 Å². The zero-order chi connectivity index (χ0) is 27.9. The zero-order valence-electron chi connectivity index (χ0n) is 21.5. The lowest BCUT2D eigenvalue weighted by Gasteiger charge is -2.32. The van der Waals surface area contributed by atoms with E-state index in [4.69, 9.17) is 23.2 Å². The number of anilines is 1. The van der Waals surface area contributed by atoms with E-state index in [-0.39, 0.29) is 39.1 Å². The second-order valence-electron chi connectivity index (χ2n) is 9.09. The summed E-state index contributed by atoms with van der Waals surface area (Å²) in [6.45, 7) is 4.98. The first-order chi connectivity index (χ1) is 18.0. The quantitative estimate of drug-likeness (QED) is 0.341. The predicted molar refractivity (Wildman–Crippen MR) is 152 cm³/mol. The molecule has 0 heterocycles. The largest absolute Gasteiger partial charge is 0.352 e. The first-order valence-electron chi connectivity index (χ1n) is 12.2. The highest BCUT2D eigenvalue weighted by molar-refractivity contribution is 7.92. The molecule has 2 amide bonds. The maximum Gasteiger partial charge on any atom is 0.264 e. The molecule has 7 nitrogen and oxygen atoms in total. The SMILES string of the molecule is CC(C)NC(=O)C(C)N(CCc1ccccc1)C(=O)CN(c1ccc(Cl)c(Cl)c1)S(=O)(=O)c1ccccc1. The monoisotopic (exact) mass is 575 g/mol. The van der Waals surface area contributed by atoms with Crippen molar-refractivity contribution in [2.45, 2.75) is 44.2 Å². The summed E-state index contributed by atoms with van der Waals surface area (Å²) in [6, 6.07) is 20.8. The van der Waals surface area contributed by atoms with Gasteiger partial charge in [-0.15, -0.1) is 0 Å². The minimum Gasteiger partial charge on any atom is -0.352 e. The van der Waals surface area contributed by atoms with Crippen LogP contribution in [0.5, 0.6) is 0 Å². The lowest BCUT2D eigenvalue weighted by Crippen LogP contribution is -2.53. The molecule has 0 radical (unpaired) electrons. The van der Waals surface area contributed by atoms with Crippen LogP contribution in [0.1, 0.15) is 26.3 Å². The molecule has 0 saturated heterocycles. The number of carbonyl (C=O) groups excluding carboxylic acids is 2. The van der Waals surface area contributed by atoms with Crippen molar-refractivity contribution in [2.24, 2.45) is 0 Å². The van der Waals surface area contributed by atoms with Crippen LogP contribution in [0, 0.1) is 0 Å². The third kappa shape index (κ3) is 7.49. The van der Waals surface area contributed by atoms with Gasteiger partial charge in [-0.25, -0.2) is 8.42 Å². The summed E-state index contributed by atoms with van der Waals surface area (Å²) in [5.74, 6) is -0.855. The molecule has 0 fully saturated rings. The summed E-state index contributed by atoms with van der Waals surface area (Å²) >= 11 is 12.3. The van der Waals surface area contributed by atoms with E-state index in [0.29, 0.717) is 6.42 Å². The Morgan fingerprint density at radius 2 is 1.47 bits per heavy atom. The third-order valence-corrected chi connectivity index (χ3v) is 8.41. The molecule has 38 heavy (non-hydrogen) atoms. The molecular formula is C28H31Cl2N3O4S. The van der Waals surface area contributed by atoms with Crippen molar-refractivity contribution in [3.05, 3.63) is 94.5 Å². The van der Waals surface area contributed by atoms with Gasteiger partial charge in [0.25, 0.3) is 10.0 Å². The lowest BCUT2D eigenvalue weighted by atomic mass is 10.1. The smallest absolute Gasteiger partial charge is 0.264 e. The van der Waals surface area contributed by atoms with Crippen LogP contribution in [-0.4, -0.2) is 50.3 Å². The van der Waals surface area contributed by atoms with Gasteiger partial charge in [0, 0.05) is 12.6 Å². The Kier molecular flexibility index (Phi) is 10.2. The van der Waals surface area contributed by atoms with E-state index in [2.05, 4.69) is 5.32 Å². The van der Waals surface area contributed by atoms with E-state index >= 15 is 0 Å². The van der Waals surface area contributed by atoms with E-state index in [0.717, 1.165) is 9.87 Å². The molecule has 1 N–H and O–H groups in total. The highest BCUT2D eigenvalue weighted by Crippen LogP contribution is 2.30. The third-order valence-electron chi connectivity index (χ3n) is 5.88. The summed E-state index contributed by atoms with van der Waals surface area (Å²) in [5.41, 5.74) is 1.17. The minimum absolute atomic E-state index is 0.0142. The van der Waals surface area contributed by atoms with Crippen molar-refractivity contribution in [1.82, 2.24) is 10.2 Å². The first kappa shape index (κ1) is 29.5. The molecule has 202 valence electrons. The topological polar surface area (TPSA) is 86.8 Å². The number of nitrogens with one attached hydrogen (secondary N) is 1. The molecule has 0 aromatic heterocycles. The fourth-order valence-electron chi connectivity index (χ4n) is 3.86. The van der Waals surface area contributed by atoms with Gasteiger partial charge >= 0.3 is 0 Å². The minimum atomic E-state index is -4.16. The van der Waals surface area contributed by atoms with Gasteiger partial charge in [-0.2, -0.15) is 0 Å². The number of hydrogen-bond acceptors (Lipinski definition) is 4. The normalized spacial score (nSPS) is 12.2. The van der Waals surface area contributed by atoms with E-state index in [1.165, 1.54) is 35.2 Å². The van der Waals surface area contributed by atoms with Gasteiger partial charge in [-0.3, -0.25) is 13.9 Å². The number of carbonyl (C=O) groups is 2. The average Bonchev–Trinajstić information content (AvgIpc) is 2.89. The van der Waals surface area contributed by atoms with Crippen LogP contribution in [0.15, 0.2) is 83.8 Å². The van der Waals surface area contributed by atoms with Crippen LogP contribution in [0.4, 0.5) is 5.69 Å². The fourth-order valence-corrected chi connectivity index (χ4v) is 5.58. The summed E-state index contributed by atoms with van der Waals surface area (Å²) in [4.78, 5) is 28.1. The maximum absolute atomic E-state index is 13.8. The van der Waals surface area contributed by atoms with E-state index in [9.17, 15) is 18.0 Å². The Labute approximate surface area is 234 Å². The zero-order valence-corrected chi connectivity index (χ0v) is 23.8. The molecule has 0 aliphatic rings. The summed E-state index contributed by atoms with van der Waals surface area (Å²) in [6.07, 6.45) is 0.490. The molecule has 3 rings (SSSR count). The number of rotatable bonds is 11. The van der Waals surface area contributed by atoms with Crippen LogP contribution in [0.3, 0.4) is 0 Å². The molecule has 0 bridgehead atoms. The van der Waals surface area contributed by atoms with Crippen LogP contribution in [0.25, 0.3) is 0 Å². The van der Waals surface area contributed by atoms with Crippen molar-refractivity contribution in [1.29, 1.82) is 0 Å². The molecular weight excluding hydrogens is 545 g/mol. The first-order valence-corrected chi connectivity index (χ1v) is 14.4. The van der Waals surface area contributed by atoms with Crippen molar-refractivity contribution in [3.63, 3.8) is 0 Å². The number of benzene rings is 3. The molecule has 0 saturated carbocycles. The van der Waals surface area contributed by atoms with Crippen molar-refractivity contribution in [2.75, 3.05) is 17.4 Å². The Bertz CT molecular complexity index is 1350. The molecule has 1 atom stereocenters. The van der Waals surface area contributed by atoms with Crippen molar-refractivity contribution >= 4 is 50.7 Å². The lowest BCUT2D eigenvalue weighted by molar-refractivity contribution is -0.139. The molecule has 3 aromatic carbocycles. The summed E-state index contributed by atoms with van der Waals surface area (Å²) < 4.78 is 28.4. The highest BCUT2D eigenvalue weighted by atomic mass is 35.5. The molecule has 10 heteroatoms. The number of halogens is 2.